The van der Waals surface area contributed by atoms with Crippen LogP contribution >= 0.6 is 34.0 Å². The molecule has 0 bridgehead atoms. The van der Waals surface area contributed by atoms with Crippen LogP contribution in [-0.2, 0) is 32.5 Å². The van der Waals surface area contributed by atoms with E-state index in [-0.39, 0.29) is 32.5 Å². The predicted octanol–water partition coefficient (Wildman–Crippen LogP) is 35.5. The fourth-order valence-electron chi connectivity index (χ4n) is 21.4. The van der Waals surface area contributed by atoms with Gasteiger partial charge < -0.3 is 18.8 Å². The van der Waals surface area contributed by atoms with Gasteiger partial charge in [0.1, 0.15) is 11.2 Å². The lowest BCUT2D eigenvalue weighted by molar-refractivity contribution is 0.299. The van der Waals surface area contributed by atoms with Crippen LogP contribution in [0.5, 0.6) is 0 Å². The number of anilines is 6. The molecule has 5 aromatic heterocycles. The minimum absolute atomic E-state index is 0.0212. The van der Waals surface area contributed by atoms with E-state index < -0.39 is 0 Å². The number of aromatic nitrogens is 1. The molecule has 22 aromatic rings. The molecule has 25 rings (SSSR count). The third-order valence-corrected chi connectivity index (χ3v) is 33.9. The van der Waals surface area contributed by atoms with Crippen molar-refractivity contribution < 1.29 is 4.42 Å². The van der Waals surface area contributed by atoms with Crippen LogP contribution in [-0.4, -0.2) is 4.57 Å². The van der Waals surface area contributed by atoms with Crippen molar-refractivity contribution in [1.82, 2.24) is 4.57 Å². The van der Waals surface area contributed by atoms with E-state index in [0.717, 1.165) is 50.4 Å². The van der Waals surface area contributed by atoms with Gasteiger partial charge in [-0.3, -0.25) is 0 Å². The Morgan fingerprint density at radius 2 is 0.583 bits per heavy atom. The van der Waals surface area contributed by atoms with Crippen molar-refractivity contribution in [2.75, 3.05) is 9.80 Å². The van der Waals surface area contributed by atoms with Gasteiger partial charge in [0.25, 0.3) is 0 Å². The summed E-state index contributed by atoms with van der Waals surface area (Å²) in [4.78, 5) is 4.72. The average Bonchev–Trinajstić information content (AvgIpc) is 1.66. The molecule has 4 nitrogen and oxygen atoms in total. The molecule has 0 aliphatic heterocycles. The summed E-state index contributed by atoms with van der Waals surface area (Å²) in [6.45, 7) is 29.0. The summed E-state index contributed by atoms with van der Waals surface area (Å²) < 4.78 is 16.9. The standard InChI is InChI=1S/C42H33NOS.C42H33NS.C36H31NS/c1-41(2)35-21-19-27(22-32(35)33-25-40-34(24-36(33)42(41,3)4)31-15-9-11-17-39(31)45-40)43(26-12-6-5-7-13-26)28-18-20-30-29-14-8-10-16-37(29)44-38(30)23-28;1-41(2)34-24-23-32-31-13-7-10-16-38(31)44-40(32)39(34)33-22-19-27(25-35(33)42(41,3)4)26-17-20-28(21-18-26)43-36-14-8-5-11-29(36)30-12-6-9-15-37(30)43;1-35(2)31-20-19-26(37(24-13-7-5-8-14-24)25-15-9-6-10-16-25)21-28(31)29-23-34-30(22-32(29)36(35,3)4)27-17-11-12-18-33(27)38-34/h5-25H,1-4H3;5-25H,1-4H3;5-23H,1-4H3. The summed E-state index contributed by atoms with van der Waals surface area (Å²) in [6, 6.07) is 136. The lowest BCUT2D eigenvalue weighted by Crippen LogP contribution is -2.43. The molecule has 616 valence electrons. The third kappa shape index (κ3) is 12.0. The molecule has 0 saturated heterocycles. The van der Waals surface area contributed by atoms with Crippen molar-refractivity contribution in [3.05, 3.63) is 403 Å². The predicted molar refractivity (Wildman–Crippen MR) is 549 cm³/mol. The van der Waals surface area contributed by atoms with Crippen LogP contribution in [0.3, 0.4) is 0 Å². The van der Waals surface area contributed by atoms with Gasteiger partial charge in [0.2, 0.25) is 0 Å². The summed E-state index contributed by atoms with van der Waals surface area (Å²) in [7, 11) is 0. The van der Waals surface area contributed by atoms with Crippen LogP contribution in [0.2, 0.25) is 0 Å². The summed E-state index contributed by atoms with van der Waals surface area (Å²) in [5, 5.41) is 13.1. The fraction of sp³-hybridized carbons (Fsp3) is 0.150. The van der Waals surface area contributed by atoms with E-state index in [2.05, 4.69) is 455 Å². The molecule has 0 fully saturated rings. The van der Waals surface area contributed by atoms with E-state index in [1.165, 1.54) is 172 Å². The maximum atomic E-state index is 6.34. The van der Waals surface area contributed by atoms with Crippen molar-refractivity contribution in [3.63, 3.8) is 0 Å². The Balaban J connectivity index is 0.000000110. The first kappa shape index (κ1) is 78.3. The van der Waals surface area contributed by atoms with E-state index in [9.17, 15) is 0 Å². The first-order valence-corrected chi connectivity index (χ1v) is 47.0. The van der Waals surface area contributed by atoms with E-state index in [1.807, 2.05) is 46.1 Å². The highest BCUT2D eigenvalue weighted by Gasteiger charge is 2.50. The first-order chi connectivity index (χ1) is 61.5. The van der Waals surface area contributed by atoms with Gasteiger partial charge in [-0.1, -0.05) is 295 Å². The van der Waals surface area contributed by atoms with Gasteiger partial charge >= 0.3 is 0 Å². The Kier molecular flexibility index (Phi) is 17.9. The molecule has 127 heavy (non-hydrogen) atoms. The largest absolute Gasteiger partial charge is 0.456 e. The molecule has 0 radical (unpaired) electrons. The van der Waals surface area contributed by atoms with E-state index in [4.69, 9.17) is 4.42 Å². The number of fused-ring (bicyclic) bond motifs is 25. The Morgan fingerprint density at radius 3 is 1.09 bits per heavy atom. The van der Waals surface area contributed by atoms with E-state index in [1.54, 1.807) is 0 Å². The van der Waals surface area contributed by atoms with Crippen LogP contribution in [0.1, 0.15) is 116 Å². The Bertz CT molecular complexity index is 8110. The summed E-state index contributed by atoms with van der Waals surface area (Å²) >= 11 is 5.74. The van der Waals surface area contributed by atoms with Crippen LogP contribution in [0, 0.1) is 0 Å². The third-order valence-electron chi connectivity index (χ3n) is 30.4. The quantitative estimate of drug-likeness (QED) is 0.152. The van der Waals surface area contributed by atoms with Crippen LogP contribution in [0.25, 0.3) is 154 Å². The van der Waals surface area contributed by atoms with Gasteiger partial charge in [0.05, 0.1) is 11.0 Å². The second kappa shape index (κ2) is 29.1. The Labute approximate surface area is 754 Å². The first-order valence-electron chi connectivity index (χ1n) is 44.6. The van der Waals surface area contributed by atoms with Crippen molar-refractivity contribution in [1.29, 1.82) is 0 Å². The van der Waals surface area contributed by atoms with Crippen molar-refractivity contribution in [3.8, 4) is 50.2 Å². The van der Waals surface area contributed by atoms with Gasteiger partial charge in [-0.25, -0.2) is 0 Å². The van der Waals surface area contributed by atoms with Crippen LogP contribution < -0.4 is 9.80 Å². The van der Waals surface area contributed by atoms with Gasteiger partial charge in [-0.2, -0.15) is 0 Å². The molecule has 0 N–H and O–H groups in total. The molecule has 3 aliphatic carbocycles. The molecule has 3 aliphatic rings. The highest BCUT2D eigenvalue weighted by atomic mass is 32.1. The number of nitrogens with zero attached hydrogens (tertiary/aromatic N) is 3. The SMILES string of the molecule is CC1(C)c2cc(-c3ccc(-n4c5ccccc5c5ccccc54)cc3)ccc2-c2c(ccc3c2sc2ccccc23)C1(C)C.CC1(C)c2ccc(N(c3ccccc3)c3ccc4c(c3)oc3ccccc34)cc2-c2cc3sc4ccccc4c3cc2C1(C)C.CC1(C)c2ccc(N(c3ccccc3)c3ccccc3)cc2-c2cc3sc4ccccc4c3cc2C1(C)C. The van der Waals surface area contributed by atoms with E-state index in [0.29, 0.717) is 0 Å². The number of furan rings is 1. The maximum absolute atomic E-state index is 6.34. The second-order valence-corrected chi connectivity index (χ2v) is 41.5. The molecule has 0 unspecified atom stereocenters. The molecule has 7 heteroatoms. The van der Waals surface area contributed by atoms with Gasteiger partial charge in [0, 0.05) is 134 Å². The normalized spacial score (nSPS) is 15.1. The van der Waals surface area contributed by atoms with Crippen LogP contribution in [0.4, 0.5) is 34.1 Å². The number of hydrogen-bond donors (Lipinski definition) is 0. The zero-order valence-electron chi connectivity index (χ0n) is 73.7. The minimum atomic E-state index is -0.0713. The molecular formula is C120H97N3OS3. The Hall–Kier alpha value is -13.4. The molecule has 0 amide bonds. The fourth-order valence-corrected chi connectivity index (χ4v) is 25.0. The van der Waals surface area contributed by atoms with Crippen molar-refractivity contribution in [2.45, 2.75) is 116 Å². The number of rotatable bonds is 8. The van der Waals surface area contributed by atoms with Crippen molar-refractivity contribution in [2.24, 2.45) is 0 Å². The zero-order valence-corrected chi connectivity index (χ0v) is 76.1. The molecular weight excluding hydrogens is 1600 g/mol. The number of para-hydroxylation sites is 6. The smallest absolute Gasteiger partial charge is 0.137 e. The zero-order chi connectivity index (χ0) is 86.4. The average molecular weight is 1690 g/mol. The summed E-state index contributed by atoms with van der Waals surface area (Å²) in [5.41, 5.74) is 31.3. The highest BCUT2D eigenvalue weighted by Crippen LogP contribution is 2.62. The van der Waals surface area contributed by atoms with Gasteiger partial charge in [0.15, 0.2) is 0 Å². The number of thiophene rings is 3. The molecule has 0 spiro atoms. The Morgan fingerprint density at radius 1 is 0.220 bits per heavy atom. The molecule has 5 heterocycles. The van der Waals surface area contributed by atoms with Crippen LogP contribution in [0.15, 0.2) is 374 Å². The molecule has 0 atom stereocenters. The van der Waals surface area contributed by atoms with E-state index >= 15 is 0 Å². The van der Waals surface area contributed by atoms with Gasteiger partial charge in [-0.05, 0) is 256 Å². The summed E-state index contributed by atoms with van der Waals surface area (Å²) in [6.07, 6.45) is 0. The molecule has 17 aromatic carbocycles. The molecule has 0 saturated carbocycles. The highest BCUT2D eigenvalue weighted by molar-refractivity contribution is 7.27. The maximum Gasteiger partial charge on any atom is 0.137 e. The lowest BCUT2D eigenvalue weighted by Gasteiger charge is -2.48. The number of benzene rings is 17. The number of hydrogen-bond acceptors (Lipinski definition) is 6. The van der Waals surface area contributed by atoms with Gasteiger partial charge in [-0.15, -0.1) is 34.0 Å². The topological polar surface area (TPSA) is 24.6 Å². The summed E-state index contributed by atoms with van der Waals surface area (Å²) in [5.74, 6) is 0. The monoisotopic (exact) mass is 1690 g/mol. The second-order valence-electron chi connectivity index (χ2n) is 38.3. The van der Waals surface area contributed by atoms with Crippen molar-refractivity contribution >= 4 is 172 Å². The minimum Gasteiger partial charge on any atom is -0.456 e. The lowest BCUT2D eigenvalue weighted by atomic mass is 9.55.